The van der Waals surface area contributed by atoms with Gasteiger partial charge in [0.2, 0.25) is 0 Å². The summed E-state index contributed by atoms with van der Waals surface area (Å²) in [5, 5.41) is 16.1. The highest BCUT2D eigenvalue weighted by Crippen LogP contribution is 2.28. The molecule has 0 aliphatic carbocycles. The van der Waals surface area contributed by atoms with Crippen molar-refractivity contribution in [3.05, 3.63) is 11.5 Å². The molecule has 0 saturated heterocycles. The van der Waals surface area contributed by atoms with Gasteiger partial charge in [0, 0.05) is 13.1 Å². The van der Waals surface area contributed by atoms with Crippen molar-refractivity contribution in [2.45, 2.75) is 32.9 Å². The molecule has 1 N–H and O–H groups in total. The molecule has 0 bridgehead atoms. The fourth-order valence-corrected chi connectivity index (χ4v) is 2.86. The minimum atomic E-state index is 0.260. The average molecular weight is 250 g/mol. The van der Waals surface area contributed by atoms with Crippen LogP contribution in [0.25, 0.3) is 10.7 Å². The number of hydrogen-bond acceptors (Lipinski definition) is 6. The maximum atomic E-state index is 4.30. The van der Waals surface area contributed by atoms with Crippen molar-refractivity contribution in [1.82, 2.24) is 29.7 Å². The van der Waals surface area contributed by atoms with Gasteiger partial charge in [-0.25, -0.2) is 0 Å². The number of nitrogens with one attached hydrogen (secondary N) is 1. The molecule has 0 fully saturated rings. The molecule has 3 heterocycles. The van der Waals surface area contributed by atoms with E-state index in [2.05, 4.69) is 43.5 Å². The highest BCUT2D eigenvalue weighted by atomic mass is 32.1. The van der Waals surface area contributed by atoms with Crippen LogP contribution in [-0.2, 0) is 13.0 Å². The summed E-state index contributed by atoms with van der Waals surface area (Å²) in [5.41, 5.74) is 1.01. The maximum absolute atomic E-state index is 4.30. The normalized spacial score (nSPS) is 19.3. The molecule has 0 saturated carbocycles. The second kappa shape index (κ2) is 4.15. The van der Waals surface area contributed by atoms with Crippen LogP contribution in [-0.4, -0.2) is 30.9 Å². The summed E-state index contributed by atoms with van der Waals surface area (Å²) >= 11 is 1.40. The first kappa shape index (κ1) is 10.8. The van der Waals surface area contributed by atoms with Crippen molar-refractivity contribution >= 4 is 11.5 Å². The lowest BCUT2D eigenvalue weighted by molar-refractivity contribution is 0.439. The van der Waals surface area contributed by atoms with Crippen molar-refractivity contribution in [2.75, 3.05) is 6.54 Å². The van der Waals surface area contributed by atoms with E-state index in [-0.39, 0.29) is 6.04 Å². The summed E-state index contributed by atoms with van der Waals surface area (Å²) in [4.78, 5) is 1.06. The van der Waals surface area contributed by atoms with Gasteiger partial charge >= 0.3 is 0 Å². The van der Waals surface area contributed by atoms with Gasteiger partial charge in [-0.3, -0.25) is 0 Å². The summed E-state index contributed by atoms with van der Waals surface area (Å²) in [6.45, 7) is 6.04. The Labute approximate surface area is 103 Å². The summed E-state index contributed by atoms with van der Waals surface area (Å²) in [6, 6.07) is 0.260. The fourth-order valence-electron chi connectivity index (χ4n) is 2.12. The van der Waals surface area contributed by atoms with Crippen LogP contribution in [0.4, 0.5) is 0 Å². The van der Waals surface area contributed by atoms with E-state index in [4.69, 9.17) is 0 Å². The SMILES string of the molecule is CCc1nnsc1-c1nnc2n1CCNC2C. The van der Waals surface area contributed by atoms with Crippen LogP contribution in [0.15, 0.2) is 0 Å². The van der Waals surface area contributed by atoms with Crippen LogP contribution in [0.1, 0.15) is 31.4 Å². The third-order valence-electron chi connectivity index (χ3n) is 3.05. The molecule has 17 heavy (non-hydrogen) atoms. The minimum absolute atomic E-state index is 0.260. The molecule has 6 nitrogen and oxygen atoms in total. The van der Waals surface area contributed by atoms with E-state index in [1.54, 1.807) is 0 Å². The lowest BCUT2D eigenvalue weighted by atomic mass is 10.2. The van der Waals surface area contributed by atoms with Crippen molar-refractivity contribution < 1.29 is 0 Å². The van der Waals surface area contributed by atoms with Gasteiger partial charge in [0.05, 0.1) is 11.7 Å². The summed E-state index contributed by atoms with van der Waals surface area (Å²) in [7, 11) is 0. The Kier molecular flexibility index (Phi) is 2.64. The minimum Gasteiger partial charge on any atom is -0.308 e. The van der Waals surface area contributed by atoms with Gasteiger partial charge in [0.25, 0.3) is 0 Å². The van der Waals surface area contributed by atoms with E-state index in [9.17, 15) is 0 Å². The summed E-state index contributed by atoms with van der Waals surface area (Å²) in [5.74, 6) is 1.92. The van der Waals surface area contributed by atoms with E-state index in [0.717, 1.165) is 41.7 Å². The zero-order valence-corrected chi connectivity index (χ0v) is 10.7. The van der Waals surface area contributed by atoms with Gasteiger partial charge in [-0.1, -0.05) is 11.4 Å². The molecule has 1 aliphatic heterocycles. The van der Waals surface area contributed by atoms with Crippen LogP contribution < -0.4 is 5.32 Å². The molecule has 1 unspecified atom stereocenters. The molecule has 1 aliphatic rings. The number of aromatic nitrogens is 5. The lowest BCUT2D eigenvalue weighted by Crippen LogP contribution is -2.32. The largest absolute Gasteiger partial charge is 0.308 e. The van der Waals surface area contributed by atoms with E-state index in [1.165, 1.54) is 11.5 Å². The smallest absolute Gasteiger partial charge is 0.177 e. The molecule has 2 aromatic rings. The molecule has 1 atom stereocenters. The Morgan fingerprint density at radius 2 is 2.29 bits per heavy atom. The van der Waals surface area contributed by atoms with Gasteiger partial charge in [-0.15, -0.1) is 15.3 Å². The van der Waals surface area contributed by atoms with Crippen molar-refractivity contribution in [3.63, 3.8) is 0 Å². The first-order valence-electron chi connectivity index (χ1n) is 5.79. The maximum Gasteiger partial charge on any atom is 0.177 e. The number of hydrogen-bond donors (Lipinski definition) is 1. The monoisotopic (exact) mass is 250 g/mol. The second-order valence-electron chi connectivity index (χ2n) is 4.11. The Hall–Kier alpha value is -1.34. The summed E-state index contributed by atoms with van der Waals surface area (Å²) < 4.78 is 6.19. The van der Waals surface area contributed by atoms with E-state index in [0.29, 0.717) is 0 Å². The van der Waals surface area contributed by atoms with Gasteiger partial charge in [-0.2, -0.15) is 0 Å². The first-order valence-corrected chi connectivity index (χ1v) is 6.56. The van der Waals surface area contributed by atoms with Crippen molar-refractivity contribution in [2.24, 2.45) is 0 Å². The first-order chi connectivity index (χ1) is 8.31. The van der Waals surface area contributed by atoms with Crippen LogP contribution >= 0.6 is 11.5 Å². The predicted octanol–water partition coefficient (Wildman–Crippen LogP) is 1.02. The molecular formula is C10H14N6S. The zero-order valence-electron chi connectivity index (χ0n) is 9.84. The number of fused-ring (bicyclic) bond motifs is 1. The predicted molar refractivity (Wildman–Crippen MR) is 64.7 cm³/mol. The molecule has 3 rings (SSSR count). The molecule has 7 heteroatoms. The Morgan fingerprint density at radius 1 is 1.41 bits per heavy atom. The highest BCUT2D eigenvalue weighted by Gasteiger charge is 2.24. The molecule has 90 valence electrons. The standard InChI is InChI=1S/C10H14N6S/c1-3-7-8(17-15-12-7)10-14-13-9-6(2)11-4-5-16(9)10/h6,11H,3-5H2,1-2H3. The van der Waals surface area contributed by atoms with E-state index >= 15 is 0 Å². The Balaban J connectivity index is 2.10. The molecule has 0 amide bonds. The second-order valence-corrected chi connectivity index (χ2v) is 4.87. The third-order valence-corrected chi connectivity index (χ3v) is 3.81. The van der Waals surface area contributed by atoms with Crippen LogP contribution in [0.3, 0.4) is 0 Å². The van der Waals surface area contributed by atoms with Gasteiger partial charge < -0.3 is 9.88 Å². The van der Waals surface area contributed by atoms with E-state index in [1.807, 2.05) is 0 Å². The molecule has 0 spiro atoms. The van der Waals surface area contributed by atoms with Gasteiger partial charge in [0.15, 0.2) is 5.82 Å². The van der Waals surface area contributed by atoms with Crippen molar-refractivity contribution in [3.8, 4) is 10.7 Å². The number of nitrogens with zero attached hydrogens (tertiary/aromatic N) is 5. The number of aryl methyl sites for hydroxylation is 1. The van der Waals surface area contributed by atoms with Crippen LogP contribution in [0.2, 0.25) is 0 Å². The summed E-state index contributed by atoms with van der Waals surface area (Å²) in [6.07, 6.45) is 0.877. The molecular weight excluding hydrogens is 236 g/mol. The average Bonchev–Trinajstić information content (AvgIpc) is 2.94. The zero-order chi connectivity index (χ0) is 11.8. The lowest BCUT2D eigenvalue weighted by Gasteiger charge is -2.21. The van der Waals surface area contributed by atoms with Gasteiger partial charge in [-0.05, 0) is 24.9 Å². The quantitative estimate of drug-likeness (QED) is 0.862. The topological polar surface area (TPSA) is 68.5 Å². The van der Waals surface area contributed by atoms with Crippen LogP contribution in [0, 0.1) is 0 Å². The van der Waals surface area contributed by atoms with Gasteiger partial charge in [0.1, 0.15) is 10.7 Å². The number of rotatable bonds is 2. The van der Waals surface area contributed by atoms with E-state index < -0.39 is 0 Å². The Morgan fingerprint density at radius 3 is 3.12 bits per heavy atom. The van der Waals surface area contributed by atoms with Crippen LogP contribution in [0.5, 0.6) is 0 Å². The Bertz CT molecular complexity index is 531. The molecule has 0 radical (unpaired) electrons. The molecule has 2 aromatic heterocycles. The highest BCUT2D eigenvalue weighted by molar-refractivity contribution is 7.09. The van der Waals surface area contributed by atoms with Crippen molar-refractivity contribution in [1.29, 1.82) is 0 Å². The molecule has 0 aromatic carbocycles. The fraction of sp³-hybridized carbons (Fsp3) is 0.600. The third kappa shape index (κ3) is 1.66.